The summed E-state index contributed by atoms with van der Waals surface area (Å²) in [5.41, 5.74) is 2.81. The molecule has 1 aromatic carbocycles. The molecule has 1 N–H and O–H groups in total. The smallest absolute Gasteiger partial charge is 0.287 e. The van der Waals surface area contributed by atoms with Gasteiger partial charge in [-0.25, -0.2) is 4.98 Å². The average molecular weight is 439 g/mol. The summed E-state index contributed by atoms with van der Waals surface area (Å²) in [6, 6.07) is 8.00. The standard InChI is InChI=1S/C24H26N2O2S2/c1-14-12-29-23(25-14)30-13-19-18-4-2-3-5-20(18)28-21(19)22(27)26-24-9-15-6-16(10-24)8-17(7-15)11-24/h2-5,12,15-17H,6-11,13H2,1H3,(H,26,27). The van der Waals surface area contributed by atoms with E-state index in [4.69, 9.17) is 4.42 Å². The van der Waals surface area contributed by atoms with Crippen LogP contribution in [0.5, 0.6) is 0 Å². The van der Waals surface area contributed by atoms with Crippen molar-refractivity contribution in [1.82, 2.24) is 10.3 Å². The maximum absolute atomic E-state index is 13.5. The highest BCUT2D eigenvalue weighted by atomic mass is 32.2. The second kappa shape index (κ2) is 7.13. The molecule has 1 amide bonds. The number of para-hydroxylation sites is 1. The number of benzene rings is 1. The van der Waals surface area contributed by atoms with Crippen LogP contribution in [0.3, 0.4) is 0 Å². The molecule has 4 aliphatic carbocycles. The summed E-state index contributed by atoms with van der Waals surface area (Å²) in [5.74, 6) is 3.56. The highest BCUT2D eigenvalue weighted by molar-refractivity contribution is 8.00. The van der Waals surface area contributed by atoms with Crippen LogP contribution in [0.1, 0.15) is 60.3 Å². The lowest BCUT2D eigenvalue weighted by Crippen LogP contribution is -2.59. The normalized spacial score (nSPS) is 29.6. The van der Waals surface area contributed by atoms with E-state index in [-0.39, 0.29) is 11.4 Å². The van der Waals surface area contributed by atoms with Crippen LogP contribution < -0.4 is 5.32 Å². The molecule has 0 radical (unpaired) electrons. The number of thioether (sulfide) groups is 1. The van der Waals surface area contributed by atoms with Crippen LogP contribution in [0.2, 0.25) is 0 Å². The zero-order valence-electron chi connectivity index (χ0n) is 17.1. The molecular weight excluding hydrogens is 412 g/mol. The first kappa shape index (κ1) is 18.9. The van der Waals surface area contributed by atoms with Crippen molar-refractivity contribution in [1.29, 1.82) is 0 Å². The van der Waals surface area contributed by atoms with Crippen LogP contribution in [0.25, 0.3) is 11.0 Å². The van der Waals surface area contributed by atoms with Crippen molar-refractivity contribution in [3.63, 3.8) is 0 Å². The zero-order valence-corrected chi connectivity index (χ0v) is 18.8. The first-order valence-electron chi connectivity index (χ1n) is 10.9. The lowest BCUT2D eigenvalue weighted by molar-refractivity contribution is -0.0171. The van der Waals surface area contributed by atoms with Gasteiger partial charge in [0, 0.05) is 33.3 Å². The summed E-state index contributed by atoms with van der Waals surface area (Å²) in [7, 11) is 0. The summed E-state index contributed by atoms with van der Waals surface area (Å²) in [6.07, 6.45) is 7.55. The van der Waals surface area contributed by atoms with Crippen molar-refractivity contribution >= 4 is 40.0 Å². The quantitative estimate of drug-likeness (QED) is 0.483. The monoisotopic (exact) mass is 438 g/mol. The second-order valence-corrected chi connectivity index (χ2v) is 11.7. The number of hydrogen-bond donors (Lipinski definition) is 1. The summed E-state index contributed by atoms with van der Waals surface area (Å²) in [5, 5.41) is 6.59. The number of aromatic nitrogens is 1. The van der Waals surface area contributed by atoms with Gasteiger partial charge in [0.25, 0.3) is 5.91 Å². The predicted molar refractivity (Wildman–Crippen MR) is 121 cm³/mol. The fraction of sp³-hybridized carbons (Fsp3) is 0.500. The van der Waals surface area contributed by atoms with Crippen molar-refractivity contribution in [2.75, 3.05) is 0 Å². The van der Waals surface area contributed by atoms with E-state index in [1.807, 2.05) is 25.1 Å². The van der Waals surface area contributed by atoms with Crippen LogP contribution in [0.15, 0.2) is 38.4 Å². The molecule has 4 saturated carbocycles. The predicted octanol–water partition coefficient (Wildman–Crippen LogP) is 6.19. The number of furan rings is 1. The Bertz CT molecular complexity index is 1080. The van der Waals surface area contributed by atoms with Crippen LogP contribution in [-0.2, 0) is 5.75 Å². The van der Waals surface area contributed by atoms with E-state index in [0.717, 1.165) is 63.6 Å². The van der Waals surface area contributed by atoms with E-state index in [2.05, 4.69) is 21.7 Å². The van der Waals surface area contributed by atoms with E-state index in [1.165, 1.54) is 19.3 Å². The number of rotatable bonds is 5. The van der Waals surface area contributed by atoms with Gasteiger partial charge in [-0.3, -0.25) is 4.79 Å². The second-order valence-electron chi connectivity index (χ2n) is 9.60. The number of nitrogens with one attached hydrogen (secondary N) is 1. The SMILES string of the molecule is Cc1csc(SCc2c(C(=O)NC34CC5CC(CC(C5)C3)C4)oc3ccccc23)n1. The molecular formula is C24H26N2O2S2. The van der Waals surface area contributed by atoms with Crippen molar-refractivity contribution in [3.8, 4) is 0 Å². The largest absolute Gasteiger partial charge is 0.451 e. The van der Waals surface area contributed by atoms with Crippen LogP contribution in [0, 0.1) is 24.7 Å². The van der Waals surface area contributed by atoms with Crippen LogP contribution in [-0.4, -0.2) is 16.4 Å². The van der Waals surface area contributed by atoms with Crippen molar-refractivity contribution < 1.29 is 9.21 Å². The molecule has 0 unspecified atom stereocenters. The molecule has 4 fully saturated rings. The first-order chi connectivity index (χ1) is 14.6. The molecule has 2 aromatic heterocycles. The summed E-state index contributed by atoms with van der Waals surface area (Å²) in [4.78, 5) is 18.1. The third-order valence-corrected chi connectivity index (χ3v) is 9.42. The van der Waals surface area contributed by atoms with Gasteiger partial charge in [0.1, 0.15) is 9.92 Å². The lowest BCUT2D eigenvalue weighted by Gasteiger charge is -2.56. The summed E-state index contributed by atoms with van der Waals surface area (Å²) < 4.78 is 7.16. The minimum absolute atomic E-state index is 0.0123. The molecule has 0 aliphatic heterocycles. The Kier molecular flexibility index (Phi) is 4.50. The molecule has 0 saturated heterocycles. The Labute approximate surface area is 184 Å². The third kappa shape index (κ3) is 3.28. The van der Waals surface area contributed by atoms with Gasteiger partial charge in [-0.2, -0.15) is 0 Å². The highest BCUT2D eigenvalue weighted by Gasteiger charge is 2.51. The summed E-state index contributed by atoms with van der Waals surface area (Å²) >= 11 is 3.34. The zero-order chi connectivity index (χ0) is 20.3. The first-order valence-corrected chi connectivity index (χ1v) is 12.8. The van der Waals surface area contributed by atoms with Gasteiger partial charge < -0.3 is 9.73 Å². The Morgan fingerprint density at radius 1 is 1.20 bits per heavy atom. The fourth-order valence-corrected chi connectivity index (χ4v) is 8.40. The van der Waals surface area contributed by atoms with Gasteiger partial charge in [-0.15, -0.1) is 11.3 Å². The Morgan fingerprint density at radius 3 is 2.57 bits per heavy atom. The van der Waals surface area contributed by atoms with Crippen molar-refractivity contribution in [3.05, 3.63) is 46.7 Å². The minimum Gasteiger partial charge on any atom is -0.451 e. The molecule has 4 bridgehead atoms. The Hall–Kier alpha value is -1.79. The van der Waals surface area contributed by atoms with E-state index >= 15 is 0 Å². The average Bonchev–Trinajstić information content (AvgIpc) is 3.28. The maximum atomic E-state index is 13.5. The molecule has 156 valence electrons. The van der Waals surface area contributed by atoms with E-state index in [1.54, 1.807) is 23.1 Å². The molecule has 7 rings (SSSR count). The number of thiazole rings is 1. The minimum atomic E-state index is -0.0286. The highest BCUT2D eigenvalue weighted by Crippen LogP contribution is 2.55. The van der Waals surface area contributed by atoms with Gasteiger partial charge in [0.2, 0.25) is 0 Å². The molecule has 4 aliphatic rings. The number of fused-ring (bicyclic) bond motifs is 1. The molecule has 30 heavy (non-hydrogen) atoms. The Morgan fingerprint density at radius 2 is 1.90 bits per heavy atom. The molecule has 4 nitrogen and oxygen atoms in total. The van der Waals surface area contributed by atoms with Gasteiger partial charge in [-0.1, -0.05) is 30.0 Å². The number of aryl methyl sites for hydroxylation is 1. The van der Waals surface area contributed by atoms with Crippen molar-refractivity contribution in [2.24, 2.45) is 17.8 Å². The van der Waals surface area contributed by atoms with E-state index in [9.17, 15) is 4.79 Å². The van der Waals surface area contributed by atoms with Gasteiger partial charge in [0.05, 0.1) is 0 Å². The number of carbonyl (C=O) groups excluding carboxylic acids is 1. The summed E-state index contributed by atoms with van der Waals surface area (Å²) in [6.45, 7) is 2.01. The third-order valence-electron chi connectivity index (χ3n) is 7.26. The number of nitrogens with zero attached hydrogens (tertiary/aromatic N) is 1. The fourth-order valence-electron chi connectivity index (χ4n) is 6.52. The van der Waals surface area contributed by atoms with Crippen molar-refractivity contribution in [2.45, 2.75) is 61.1 Å². The molecule has 0 atom stereocenters. The topological polar surface area (TPSA) is 55.1 Å². The molecule has 6 heteroatoms. The molecule has 2 heterocycles. The van der Waals surface area contributed by atoms with E-state index in [0.29, 0.717) is 11.5 Å². The maximum Gasteiger partial charge on any atom is 0.287 e. The number of carbonyl (C=O) groups is 1. The Balaban J connectivity index is 1.30. The molecule has 3 aromatic rings. The van der Waals surface area contributed by atoms with E-state index < -0.39 is 0 Å². The van der Waals surface area contributed by atoms with Crippen LogP contribution in [0.4, 0.5) is 0 Å². The van der Waals surface area contributed by atoms with Gasteiger partial charge in [-0.05, 0) is 69.3 Å². The molecule has 0 spiro atoms. The van der Waals surface area contributed by atoms with Gasteiger partial charge >= 0.3 is 0 Å². The van der Waals surface area contributed by atoms with Crippen LogP contribution >= 0.6 is 23.1 Å². The number of amides is 1. The van der Waals surface area contributed by atoms with Gasteiger partial charge in [0.15, 0.2) is 5.76 Å². The number of hydrogen-bond acceptors (Lipinski definition) is 5. The lowest BCUT2D eigenvalue weighted by atomic mass is 9.53.